The van der Waals surface area contributed by atoms with E-state index < -0.39 is 5.82 Å². The average molecular weight is 270 g/mol. The molecule has 1 aromatic rings. The topological polar surface area (TPSA) is 41.3 Å². The Morgan fingerprint density at radius 2 is 2.06 bits per heavy atom. The molecular weight excluding hydrogens is 253 g/mol. The number of anilines is 2. The van der Waals surface area contributed by atoms with Crippen LogP contribution in [0.2, 0.25) is 5.02 Å². The fraction of sp³-hybridized carbons (Fsp3) is 0.538. The van der Waals surface area contributed by atoms with Crippen LogP contribution < -0.4 is 11.1 Å². The zero-order chi connectivity index (χ0) is 12.7. The Kier molecular flexibility index (Phi) is 3.08. The van der Waals surface area contributed by atoms with E-state index in [1.54, 1.807) is 0 Å². The van der Waals surface area contributed by atoms with E-state index in [9.17, 15) is 4.39 Å². The molecule has 3 N–H and O–H groups in total. The van der Waals surface area contributed by atoms with Gasteiger partial charge >= 0.3 is 0 Å². The van der Waals surface area contributed by atoms with Crippen molar-refractivity contribution in [3.63, 3.8) is 0 Å². The summed E-state index contributed by atoms with van der Waals surface area (Å²) in [7, 11) is 0. The van der Waals surface area contributed by atoms with Crippen molar-refractivity contribution < 1.29 is 4.39 Å². The van der Waals surface area contributed by atoms with Crippen molar-refractivity contribution in [1.29, 1.82) is 0 Å². The lowest BCUT2D eigenvalue weighted by atomic mass is 9.84. The van der Waals surface area contributed by atoms with Crippen LogP contribution in [0.5, 0.6) is 0 Å². The molecule has 0 amide bonds. The highest BCUT2D eigenvalue weighted by molar-refractivity contribution is 6.31. The first-order chi connectivity index (χ1) is 8.63. The van der Waals surface area contributed by atoms with E-state index >= 15 is 0 Å². The molecule has 3 nitrogen and oxygen atoms in total. The maximum Gasteiger partial charge on any atom is 0.143 e. The van der Waals surface area contributed by atoms with Crippen LogP contribution in [0.3, 0.4) is 0 Å². The minimum atomic E-state index is -0.422. The zero-order valence-corrected chi connectivity index (χ0v) is 10.9. The number of fused-ring (bicyclic) bond motifs is 3. The SMILES string of the molecule is Nc1cc(Cl)c(F)cc1NC1CN2CCC1CC2. The largest absolute Gasteiger partial charge is 0.397 e. The number of hydrogen-bond acceptors (Lipinski definition) is 3. The van der Waals surface area contributed by atoms with Crippen LogP contribution in [-0.2, 0) is 0 Å². The van der Waals surface area contributed by atoms with Crippen molar-refractivity contribution in [2.45, 2.75) is 18.9 Å². The number of benzene rings is 1. The van der Waals surface area contributed by atoms with Crippen molar-refractivity contribution in [1.82, 2.24) is 4.90 Å². The van der Waals surface area contributed by atoms with E-state index in [0.717, 1.165) is 6.54 Å². The molecule has 3 aliphatic heterocycles. The Hall–Kier alpha value is -1.00. The second-order valence-corrected chi connectivity index (χ2v) is 5.65. The fourth-order valence-electron chi connectivity index (χ4n) is 3.02. The Morgan fingerprint density at radius 1 is 1.33 bits per heavy atom. The van der Waals surface area contributed by atoms with Crippen LogP contribution in [0.25, 0.3) is 0 Å². The third-order valence-corrected chi connectivity index (χ3v) is 4.38. The third-order valence-electron chi connectivity index (χ3n) is 4.09. The quantitative estimate of drug-likeness (QED) is 0.811. The van der Waals surface area contributed by atoms with Crippen molar-refractivity contribution >= 4 is 23.0 Å². The monoisotopic (exact) mass is 269 g/mol. The van der Waals surface area contributed by atoms with Gasteiger partial charge in [0.05, 0.1) is 16.4 Å². The molecule has 0 aliphatic carbocycles. The summed E-state index contributed by atoms with van der Waals surface area (Å²) >= 11 is 5.70. The molecule has 0 saturated carbocycles. The lowest BCUT2D eigenvalue weighted by Crippen LogP contribution is -2.53. The number of halogens is 2. The highest BCUT2D eigenvalue weighted by atomic mass is 35.5. The van der Waals surface area contributed by atoms with Gasteiger partial charge in [-0.3, -0.25) is 0 Å². The van der Waals surface area contributed by atoms with Gasteiger partial charge in [-0.1, -0.05) is 11.6 Å². The molecule has 1 aromatic carbocycles. The van der Waals surface area contributed by atoms with Gasteiger partial charge in [-0.25, -0.2) is 4.39 Å². The van der Waals surface area contributed by atoms with Crippen LogP contribution in [0.1, 0.15) is 12.8 Å². The van der Waals surface area contributed by atoms with Crippen molar-refractivity contribution in [2.75, 3.05) is 30.7 Å². The van der Waals surface area contributed by atoms with E-state index in [-0.39, 0.29) is 5.02 Å². The first-order valence-electron chi connectivity index (χ1n) is 6.37. The van der Waals surface area contributed by atoms with Gasteiger partial charge in [0.1, 0.15) is 5.82 Å². The average Bonchev–Trinajstić information content (AvgIpc) is 2.37. The van der Waals surface area contributed by atoms with Gasteiger partial charge in [-0.05, 0) is 37.9 Å². The minimum Gasteiger partial charge on any atom is -0.397 e. The van der Waals surface area contributed by atoms with Gasteiger partial charge in [0, 0.05) is 18.7 Å². The van der Waals surface area contributed by atoms with E-state index in [1.807, 2.05) is 0 Å². The predicted octanol–water partition coefficient (Wildman–Crippen LogP) is 2.57. The number of nitrogens with zero attached hydrogens (tertiary/aromatic N) is 1. The van der Waals surface area contributed by atoms with Crippen molar-refractivity contribution in [3.8, 4) is 0 Å². The summed E-state index contributed by atoms with van der Waals surface area (Å²) in [5, 5.41) is 3.46. The molecular formula is C13H17ClFN3. The summed E-state index contributed by atoms with van der Waals surface area (Å²) in [5.74, 6) is 0.253. The zero-order valence-electron chi connectivity index (χ0n) is 10.1. The maximum atomic E-state index is 13.5. The van der Waals surface area contributed by atoms with Crippen LogP contribution in [0.15, 0.2) is 12.1 Å². The predicted molar refractivity (Wildman–Crippen MR) is 72.4 cm³/mol. The van der Waals surface area contributed by atoms with Gasteiger partial charge < -0.3 is 16.0 Å². The van der Waals surface area contributed by atoms with Crippen LogP contribution in [0.4, 0.5) is 15.8 Å². The maximum absolute atomic E-state index is 13.5. The highest BCUT2D eigenvalue weighted by Crippen LogP contribution is 2.32. The lowest BCUT2D eigenvalue weighted by Gasteiger charge is -2.45. The third kappa shape index (κ3) is 2.15. The molecule has 98 valence electrons. The molecule has 0 radical (unpaired) electrons. The van der Waals surface area contributed by atoms with Gasteiger partial charge in [-0.2, -0.15) is 0 Å². The summed E-state index contributed by atoms with van der Waals surface area (Å²) in [6, 6.07) is 3.24. The molecule has 0 aromatic heterocycles. The molecule has 5 heteroatoms. The van der Waals surface area contributed by atoms with Gasteiger partial charge in [0.2, 0.25) is 0 Å². The highest BCUT2D eigenvalue weighted by Gasteiger charge is 2.34. The van der Waals surface area contributed by atoms with Crippen LogP contribution in [0, 0.1) is 11.7 Å². The van der Waals surface area contributed by atoms with E-state index in [1.165, 1.54) is 38.1 Å². The Morgan fingerprint density at radius 3 is 2.67 bits per heavy atom. The fourth-order valence-corrected chi connectivity index (χ4v) is 3.19. The summed E-state index contributed by atoms with van der Waals surface area (Å²) in [6.45, 7) is 3.40. The van der Waals surface area contributed by atoms with Crippen LogP contribution >= 0.6 is 11.6 Å². The molecule has 3 fully saturated rings. The van der Waals surface area contributed by atoms with Gasteiger partial charge in [-0.15, -0.1) is 0 Å². The van der Waals surface area contributed by atoms with Gasteiger partial charge in [0.25, 0.3) is 0 Å². The van der Waals surface area contributed by atoms with E-state index in [4.69, 9.17) is 17.3 Å². The second-order valence-electron chi connectivity index (χ2n) is 5.24. The Labute approximate surface area is 111 Å². The molecule has 3 aliphatic rings. The molecule has 4 rings (SSSR count). The van der Waals surface area contributed by atoms with Crippen molar-refractivity contribution in [2.24, 2.45) is 5.92 Å². The number of nitrogens with two attached hydrogens (primary N) is 1. The summed E-state index contributed by atoms with van der Waals surface area (Å²) in [5.41, 5.74) is 7.05. The first kappa shape index (κ1) is 12.1. The standard InChI is InChI=1S/C13H17ClFN3/c14-9-5-11(16)12(6-10(9)15)17-13-7-18-3-1-8(13)2-4-18/h5-6,8,13,17H,1-4,7,16H2. The number of nitrogens with one attached hydrogen (secondary N) is 1. The normalized spacial score (nSPS) is 30.4. The first-order valence-corrected chi connectivity index (χ1v) is 6.74. The number of hydrogen-bond donors (Lipinski definition) is 2. The second kappa shape index (κ2) is 4.59. The minimum absolute atomic E-state index is 0.0759. The summed E-state index contributed by atoms with van der Waals surface area (Å²) in [6.07, 6.45) is 2.43. The molecule has 0 spiro atoms. The molecule has 2 bridgehead atoms. The Bertz CT molecular complexity index is 458. The van der Waals surface area contributed by atoms with Gasteiger partial charge in [0.15, 0.2) is 0 Å². The molecule has 1 unspecified atom stereocenters. The Balaban J connectivity index is 1.78. The molecule has 18 heavy (non-hydrogen) atoms. The van der Waals surface area contributed by atoms with Crippen molar-refractivity contribution in [3.05, 3.63) is 23.0 Å². The van der Waals surface area contributed by atoms with Crippen LogP contribution in [-0.4, -0.2) is 30.6 Å². The number of nitrogen functional groups attached to an aromatic ring is 1. The molecule has 3 saturated heterocycles. The molecule has 1 atom stereocenters. The lowest BCUT2D eigenvalue weighted by molar-refractivity contribution is 0.0975. The smallest absolute Gasteiger partial charge is 0.143 e. The number of piperidine rings is 3. The number of rotatable bonds is 2. The van der Waals surface area contributed by atoms with E-state index in [0.29, 0.717) is 23.3 Å². The molecule has 3 heterocycles. The summed E-state index contributed by atoms with van der Waals surface area (Å²) < 4.78 is 13.5. The van der Waals surface area contributed by atoms with E-state index in [2.05, 4.69) is 10.2 Å². The summed E-state index contributed by atoms with van der Waals surface area (Å²) in [4.78, 5) is 2.44.